The van der Waals surface area contributed by atoms with Gasteiger partial charge < -0.3 is 0 Å². The second-order valence-electron chi connectivity index (χ2n) is 2.72. The van der Waals surface area contributed by atoms with Crippen LogP contribution in [-0.4, -0.2) is 13.1 Å². The summed E-state index contributed by atoms with van der Waals surface area (Å²) < 4.78 is 0. The fourth-order valence-corrected chi connectivity index (χ4v) is 1.05. The number of terminal acetylenes is 1. The number of hydrogen-bond acceptors (Lipinski definition) is 2. The number of nitrogens with one attached hydrogen (secondary N) is 2. The van der Waals surface area contributed by atoms with Crippen molar-refractivity contribution in [2.24, 2.45) is 0 Å². The lowest BCUT2D eigenvalue weighted by Gasteiger charge is -2.03. The van der Waals surface area contributed by atoms with Gasteiger partial charge in [-0.05, 0) is 12.0 Å². The number of benzene rings is 1. The van der Waals surface area contributed by atoms with Gasteiger partial charge in [-0.15, -0.1) is 6.42 Å². The van der Waals surface area contributed by atoms with Gasteiger partial charge in [0.25, 0.3) is 0 Å². The van der Waals surface area contributed by atoms with Gasteiger partial charge in [-0.2, -0.15) is 0 Å². The van der Waals surface area contributed by atoms with Crippen molar-refractivity contribution in [3.8, 4) is 12.3 Å². The van der Waals surface area contributed by atoms with Gasteiger partial charge in [0, 0.05) is 6.54 Å². The minimum absolute atomic E-state index is 0.564. The van der Waals surface area contributed by atoms with Crippen molar-refractivity contribution in [2.75, 3.05) is 13.1 Å². The summed E-state index contributed by atoms with van der Waals surface area (Å²) in [4.78, 5) is 0. The predicted octanol–water partition coefficient (Wildman–Crippen LogP) is 0.956. The van der Waals surface area contributed by atoms with Crippen LogP contribution in [0.4, 0.5) is 0 Å². The Labute approximate surface area is 79.3 Å². The third kappa shape index (κ3) is 4.32. The molecule has 0 spiro atoms. The summed E-state index contributed by atoms with van der Waals surface area (Å²) in [5.41, 5.74) is 7.29. The zero-order valence-electron chi connectivity index (χ0n) is 7.59. The van der Waals surface area contributed by atoms with E-state index in [9.17, 15) is 0 Å². The van der Waals surface area contributed by atoms with Gasteiger partial charge in [0.1, 0.15) is 0 Å². The average molecular weight is 174 g/mol. The Morgan fingerprint density at radius 2 is 1.92 bits per heavy atom. The summed E-state index contributed by atoms with van der Waals surface area (Å²) in [5.74, 6) is 2.49. The lowest BCUT2D eigenvalue weighted by molar-refractivity contribution is 0.574. The minimum atomic E-state index is 0.564. The molecule has 0 unspecified atom stereocenters. The Balaban J connectivity index is 2.11. The third-order valence-electron chi connectivity index (χ3n) is 1.70. The average Bonchev–Trinajstić information content (AvgIpc) is 2.19. The molecule has 68 valence electrons. The molecule has 0 aliphatic rings. The summed E-state index contributed by atoms with van der Waals surface area (Å²) in [5, 5.41) is 0. The normalized spacial score (nSPS) is 9.46. The molecular weight excluding hydrogens is 160 g/mol. The van der Waals surface area contributed by atoms with Crippen LogP contribution in [0.3, 0.4) is 0 Å². The molecule has 0 bridgehead atoms. The summed E-state index contributed by atoms with van der Waals surface area (Å²) >= 11 is 0. The Kier molecular flexibility index (Phi) is 4.70. The van der Waals surface area contributed by atoms with Gasteiger partial charge in [-0.3, -0.25) is 5.43 Å². The SMILES string of the molecule is C#CCNNCCc1ccccc1. The zero-order chi connectivity index (χ0) is 9.36. The molecule has 2 N–H and O–H groups in total. The van der Waals surface area contributed by atoms with Gasteiger partial charge in [0.05, 0.1) is 6.54 Å². The van der Waals surface area contributed by atoms with Crippen LogP contribution >= 0.6 is 0 Å². The van der Waals surface area contributed by atoms with E-state index in [1.54, 1.807) is 0 Å². The van der Waals surface area contributed by atoms with Crippen LogP contribution in [0.25, 0.3) is 0 Å². The van der Waals surface area contributed by atoms with E-state index < -0.39 is 0 Å². The molecule has 2 heteroatoms. The van der Waals surface area contributed by atoms with E-state index in [2.05, 4.69) is 28.9 Å². The molecule has 0 aliphatic heterocycles. The molecule has 0 amide bonds. The fourth-order valence-electron chi connectivity index (χ4n) is 1.05. The second kappa shape index (κ2) is 6.24. The van der Waals surface area contributed by atoms with E-state index in [-0.39, 0.29) is 0 Å². The van der Waals surface area contributed by atoms with Gasteiger partial charge in [-0.25, -0.2) is 5.43 Å². The van der Waals surface area contributed by atoms with E-state index in [0.717, 1.165) is 13.0 Å². The Bertz CT molecular complexity index is 261. The predicted molar refractivity (Wildman–Crippen MR) is 55.0 cm³/mol. The zero-order valence-corrected chi connectivity index (χ0v) is 7.59. The third-order valence-corrected chi connectivity index (χ3v) is 1.70. The van der Waals surface area contributed by atoms with E-state index in [0.29, 0.717) is 6.54 Å². The first-order valence-electron chi connectivity index (χ1n) is 4.36. The summed E-state index contributed by atoms with van der Waals surface area (Å²) in [6, 6.07) is 10.3. The van der Waals surface area contributed by atoms with Crippen LogP contribution in [0, 0.1) is 12.3 Å². The van der Waals surface area contributed by atoms with Gasteiger partial charge in [0.15, 0.2) is 0 Å². The monoisotopic (exact) mass is 174 g/mol. The first-order chi connectivity index (χ1) is 6.43. The maximum absolute atomic E-state index is 5.07. The molecule has 0 aliphatic carbocycles. The van der Waals surface area contributed by atoms with E-state index >= 15 is 0 Å². The van der Waals surface area contributed by atoms with Crippen molar-refractivity contribution < 1.29 is 0 Å². The second-order valence-corrected chi connectivity index (χ2v) is 2.72. The van der Waals surface area contributed by atoms with Crippen molar-refractivity contribution in [3.05, 3.63) is 35.9 Å². The minimum Gasteiger partial charge on any atom is -0.257 e. The van der Waals surface area contributed by atoms with Crippen LogP contribution in [0.15, 0.2) is 30.3 Å². The summed E-state index contributed by atoms with van der Waals surface area (Å²) in [6.45, 7) is 1.46. The molecule has 1 aromatic rings. The van der Waals surface area contributed by atoms with Crippen LogP contribution in [0.5, 0.6) is 0 Å². The molecule has 0 saturated heterocycles. The van der Waals surface area contributed by atoms with Crippen molar-refractivity contribution in [2.45, 2.75) is 6.42 Å². The van der Waals surface area contributed by atoms with Crippen molar-refractivity contribution in [1.29, 1.82) is 0 Å². The van der Waals surface area contributed by atoms with E-state index in [1.165, 1.54) is 5.56 Å². The van der Waals surface area contributed by atoms with Gasteiger partial charge in [-0.1, -0.05) is 36.3 Å². The maximum atomic E-state index is 5.07. The molecule has 2 nitrogen and oxygen atoms in total. The lowest BCUT2D eigenvalue weighted by atomic mass is 10.2. The molecule has 1 rings (SSSR count). The van der Waals surface area contributed by atoms with Crippen LogP contribution in [0.2, 0.25) is 0 Å². The molecule has 0 saturated carbocycles. The Morgan fingerprint density at radius 1 is 1.15 bits per heavy atom. The molecule has 0 aromatic heterocycles. The largest absolute Gasteiger partial charge is 0.257 e. The maximum Gasteiger partial charge on any atom is 0.0709 e. The number of hydrazine groups is 1. The molecule has 0 heterocycles. The Hall–Kier alpha value is -1.30. The highest BCUT2D eigenvalue weighted by molar-refractivity contribution is 5.14. The lowest BCUT2D eigenvalue weighted by Crippen LogP contribution is -2.33. The number of rotatable bonds is 5. The topological polar surface area (TPSA) is 24.1 Å². The first kappa shape index (κ1) is 9.79. The summed E-state index contributed by atoms with van der Waals surface area (Å²) in [6.07, 6.45) is 6.08. The molecule has 0 radical (unpaired) electrons. The van der Waals surface area contributed by atoms with Crippen LogP contribution in [0.1, 0.15) is 5.56 Å². The van der Waals surface area contributed by atoms with Gasteiger partial charge in [0.2, 0.25) is 0 Å². The van der Waals surface area contributed by atoms with Crippen molar-refractivity contribution in [1.82, 2.24) is 10.9 Å². The molecule has 1 aromatic carbocycles. The first-order valence-corrected chi connectivity index (χ1v) is 4.36. The molecule has 0 atom stereocenters. The van der Waals surface area contributed by atoms with Crippen molar-refractivity contribution >= 4 is 0 Å². The van der Waals surface area contributed by atoms with Crippen LogP contribution in [-0.2, 0) is 6.42 Å². The highest BCUT2D eigenvalue weighted by Crippen LogP contribution is 1.97. The van der Waals surface area contributed by atoms with Crippen molar-refractivity contribution in [3.63, 3.8) is 0 Å². The fraction of sp³-hybridized carbons (Fsp3) is 0.273. The van der Waals surface area contributed by atoms with E-state index in [1.807, 2.05) is 18.2 Å². The van der Waals surface area contributed by atoms with Crippen LogP contribution < -0.4 is 10.9 Å². The molecule has 13 heavy (non-hydrogen) atoms. The Morgan fingerprint density at radius 3 is 2.62 bits per heavy atom. The molecule has 0 fully saturated rings. The summed E-state index contributed by atoms with van der Waals surface area (Å²) in [7, 11) is 0. The molecular formula is C11H14N2. The highest BCUT2D eigenvalue weighted by atomic mass is 15.3. The standard InChI is InChI=1S/C11H14N2/c1-2-9-12-13-10-8-11-6-4-3-5-7-11/h1,3-7,12-13H,8-10H2. The van der Waals surface area contributed by atoms with E-state index in [4.69, 9.17) is 6.42 Å². The van der Waals surface area contributed by atoms with Gasteiger partial charge >= 0.3 is 0 Å². The highest BCUT2D eigenvalue weighted by Gasteiger charge is 1.89. The quantitative estimate of drug-likeness (QED) is 0.394. The smallest absolute Gasteiger partial charge is 0.0709 e. The number of hydrogen-bond donors (Lipinski definition) is 2.